The van der Waals surface area contributed by atoms with E-state index in [4.69, 9.17) is 9.84 Å². The van der Waals surface area contributed by atoms with Gasteiger partial charge in [0.1, 0.15) is 6.04 Å². The number of urea groups is 1. The topological polar surface area (TPSA) is 99.1 Å². The predicted octanol–water partition coefficient (Wildman–Crippen LogP) is -0.359. The Hall–Kier alpha value is -1.34. The van der Waals surface area contributed by atoms with E-state index in [0.717, 1.165) is 4.90 Å². The van der Waals surface area contributed by atoms with Gasteiger partial charge in [-0.1, -0.05) is 0 Å². The van der Waals surface area contributed by atoms with Gasteiger partial charge in [0.2, 0.25) is 0 Å². The van der Waals surface area contributed by atoms with E-state index < -0.39 is 24.1 Å². The summed E-state index contributed by atoms with van der Waals surface area (Å²) in [6.07, 6.45) is -0.833. The highest BCUT2D eigenvalue weighted by molar-refractivity contribution is 5.83. The van der Waals surface area contributed by atoms with E-state index >= 15 is 0 Å². The number of amides is 2. The lowest BCUT2D eigenvalue weighted by Gasteiger charge is -2.22. The molecule has 1 fully saturated rings. The number of nitrogens with zero attached hydrogens (tertiary/aromatic N) is 1. The molecule has 1 aliphatic rings. The Kier molecular flexibility index (Phi) is 5.36. The SMILES string of the molecule is CCOC(C)CNC(=O)N1CC(O)C[C@H]1C(=O)O. The highest BCUT2D eigenvalue weighted by Gasteiger charge is 2.38. The van der Waals surface area contributed by atoms with Crippen molar-refractivity contribution in [3.05, 3.63) is 0 Å². The van der Waals surface area contributed by atoms with Gasteiger partial charge in [-0.25, -0.2) is 9.59 Å². The van der Waals surface area contributed by atoms with Gasteiger partial charge in [0.05, 0.1) is 12.2 Å². The smallest absolute Gasteiger partial charge is 0.326 e. The van der Waals surface area contributed by atoms with Crippen LogP contribution in [0.2, 0.25) is 0 Å². The van der Waals surface area contributed by atoms with Crippen molar-refractivity contribution in [1.82, 2.24) is 10.2 Å². The average Bonchev–Trinajstić information content (AvgIpc) is 2.69. The molecule has 1 aliphatic heterocycles. The van der Waals surface area contributed by atoms with Crippen LogP contribution >= 0.6 is 0 Å². The van der Waals surface area contributed by atoms with Crippen molar-refractivity contribution in [2.24, 2.45) is 0 Å². The number of aliphatic carboxylic acids is 1. The third-order valence-electron chi connectivity index (χ3n) is 2.82. The Morgan fingerprint density at radius 3 is 2.78 bits per heavy atom. The first-order valence-electron chi connectivity index (χ1n) is 6.02. The van der Waals surface area contributed by atoms with E-state index in [9.17, 15) is 14.7 Å². The van der Waals surface area contributed by atoms with Gasteiger partial charge in [-0.05, 0) is 13.8 Å². The molecule has 7 heteroatoms. The highest BCUT2D eigenvalue weighted by atomic mass is 16.5. The van der Waals surface area contributed by atoms with E-state index in [-0.39, 0.29) is 19.1 Å². The van der Waals surface area contributed by atoms with Crippen LogP contribution in [0.25, 0.3) is 0 Å². The van der Waals surface area contributed by atoms with Crippen molar-refractivity contribution >= 4 is 12.0 Å². The first-order chi connectivity index (χ1) is 8.45. The largest absolute Gasteiger partial charge is 0.480 e. The van der Waals surface area contributed by atoms with Gasteiger partial charge in [-0.3, -0.25) is 0 Å². The summed E-state index contributed by atoms with van der Waals surface area (Å²) < 4.78 is 5.25. The predicted molar refractivity (Wildman–Crippen MR) is 63.2 cm³/mol. The summed E-state index contributed by atoms with van der Waals surface area (Å²) in [7, 11) is 0. The molecule has 0 aliphatic carbocycles. The Morgan fingerprint density at radius 2 is 2.22 bits per heavy atom. The molecule has 18 heavy (non-hydrogen) atoms. The molecule has 1 heterocycles. The highest BCUT2D eigenvalue weighted by Crippen LogP contribution is 2.17. The van der Waals surface area contributed by atoms with Gasteiger partial charge in [-0.15, -0.1) is 0 Å². The minimum atomic E-state index is -1.10. The van der Waals surface area contributed by atoms with Crippen LogP contribution in [-0.4, -0.2) is 65.1 Å². The molecule has 1 rings (SSSR count). The average molecular weight is 260 g/mol. The second kappa shape index (κ2) is 6.55. The van der Waals surface area contributed by atoms with Gasteiger partial charge >= 0.3 is 12.0 Å². The maximum Gasteiger partial charge on any atom is 0.326 e. The fraction of sp³-hybridized carbons (Fsp3) is 0.818. The second-order valence-electron chi connectivity index (χ2n) is 4.35. The number of nitrogens with one attached hydrogen (secondary N) is 1. The van der Waals surface area contributed by atoms with Crippen LogP contribution in [0, 0.1) is 0 Å². The molecule has 0 saturated carbocycles. The summed E-state index contributed by atoms with van der Waals surface area (Å²) in [5, 5.41) is 21.0. The fourth-order valence-corrected chi connectivity index (χ4v) is 1.95. The van der Waals surface area contributed by atoms with Gasteiger partial charge in [-0.2, -0.15) is 0 Å². The summed E-state index contributed by atoms with van der Waals surface area (Å²) in [6.45, 7) is 4.58. The zero-order valence-corrected chi connectivity index (χ0v) is 10.6. The molecule has 104 valence electrons. The van der Waals surface area contributed by atoms with Gasteiger partial charge in [0, 0.05) is 26.1 Å². The normalized spacial score (nSPS) is 24.9. The molecule has 1 saturated heterocycles. The Balaban J connectivity index is 2.47. The van der Waals surface area contributed by atoms with Gasteiger partial charge in [0.15, 0.2) is 0 Å². The number of rotatable bonds is 5. The van der Waals surface area contributed by atoms with Crippen molar-refractivity contribution in [3.63, 3.8) is 0 Å². The monoisotopic (exact) mass is 260 g/mol. The molecule has 7 nitrogen and oxygen atoms in total. The number of carbonyl (C=O) groups excluding carboxylic acids is 1. The molecule has 3 atom stereocenters. The van der Waals surface area contributed by atoms with Crippen LogP contribution in [0.15, 0.2) is 0 Å². The van der Waals surface area contributed by atoms with E-state index in [1.807, 2.05) is 13.8 Å². The number of β-amino-alcohol motifs (C(OH)–C–C–N with tert-alkyl or cyclic N) is 1. The molecule has 0 aromatic rings. The summed E-state index contributed by atoms with van der Waals surface area (Å²) in [5.41, 5.74) is 0. The molecule has 0 bridgehead atoms. The van der Waals surface area contributed by atoms with Crippen molar-refractivity contribution < 1.29 is 24.5 Å². The molecule has 3 N–H and O–H groups in total. The lowest BCUT2D eigenvalue weighted by atomic mass is 10.2. The lowest BCUT2D eigenvalue weighted by molar-refractivity contribution is -0.141. The van der Waals surface area contributed by atoms with Crippen molar-refractivity contribution in [2.75, 3.05) is 19.7 Å². The van der Waals surface area contributed by atoms with Gasteiger partial charge in [0.25, 0.3) is 0 Å². The number of carboxylic acids is 1. The van der Waals surface area contributed by atoms with Crippen LogP contribution in [0.4, 0.5) is 4.79 Å². The molecule has 2 unspecified atom stereocenters. The van der Waals surface area contributed by atoms with Crippen molar-refractivity contribution in [2.45, 2.75) is 38.5 Å². The third kappa shape index (κ3) is 3.85. The molecule has 0 aromatic carbocycles. The summed E-state index contributed by atoms with van der Waals surface area (Å²) in [4.78, 5) is 23.9. The molecule has 2 amide bonds. The number of hydrogen-bond donors (Lipinski definition) is 3. The Labute approximate surface area is 106 Å². The third-order valence-corrected chi connectivity index (χ3v) is 2.82. The first kappa shape index (κ1) is 14.7. The quantitative estimate of drug-likeness (QED) is 0.627. The Morgan fingerprint density at radius 1 is 1.56 bits per heavy atom. The molecule has 0 radical (unpaired) electrons. The Bertz CT molecular complexity index is 310. The molecular formula is C11H20N2O5. The number of aliphatic hydroxyl groups excluding tert-OH is 1. The lowest BCUT2D eigenvalue weighted by Crippen LogP contribution is -2.47. The van der Waals surface area contributed by atoms with Crippen LogP contribution in [0.1, 0.15) is 20.3 Å². The number of aliphatic hydroxyl groups is 1. The maximum absolute atomic E-state index is 11.8. The van der Waals surface area contributed by atoms with E-state index in [0.29, 0.717) is 13.2 Å². The second-order valence-corrected chi connectivity index (χ2v) is 4.35. The molecule has 0 spiro atoms. The molecule has 0 aromatic heterocycles. The van der Waals surface area contributed by atoms with Crippen LogP contribution in [0.5, 0.6) is 0 Å². The standard InChI is InChI=1S/C11H20N2O5/c1-3-18-7(2)5-12-11(17)13-6-8(14)4-9(13)10(15)16/h7-9,14H,3-6H2,1-2H3,(H,12,17)(H,15,16)/t7?,8?,9-/m0/s1. The molecular weight excluding hydrogens is 240 g/mol. The fourth-order valence-electron chi connectivity index (χ4n) is 1.95. The van der Waals surface area contributed by atoms with Crippen LogP contribution < -0.4 is 5.32 Å². The van der Waals surface area contributed by atoms with Crippen LogP contribution in [0.3, 0.4) is 0 Å². The minimum absolute atomic E-state index is 0.0474. The first-order valence-corrected chi connectivity index (χ1v) is 6.02. The van der Waals surface area contributed by atoms with Crippen LogP contribution in [-0.2, 0) is 9.53 Å². The van der Waals surface area contributed by atoms with E-state index in [1.165, 1.54) is 0 Å². The zero-order valence-electron chi connectivity index (χ0n) is 10.6. The number of hydrogen-bond acceptors (Lipinski definition) is 4. The minimum Gasteiger partial charge on any atom is -0.480 e. The summed E-state index contributed by atoms with van der Waals surface area (Å²) in [5.74, 6) is -1.10. The zero-order chi connectivity index (χ0) is 13.7. The number of ether oxygens (including phenoxy) is 1. The van der Waals surface area contributed by atoms with Gasteiger partial charge < -0.3 is 25.2 Å². The maximum atomic E-state index is 11.8. The van der Waals surface area contributed by atoms with E-state index in [1.54, 1.807) is 0 Å². The number of carbonyl (C=O) groups is 2. The van der Waals surface area contributed by atoms with Crippen molar-refractivity contribution in [1.29, 1.82) is 0 Å². The number of likely N-dealkylation sites (tertiary alicyclic amines) is 1. The van der Waals surface area contributed by atoms with E-state index in [2.05, 4.69) is 5.32 Å². The summed E-state index contributed by atoms with van der Waals surface area (Å²) >= 11 is 0. The number of carboxylic acid groups (broad SMARTS) is 1. The summed E-state index contributed by atoms with van der Waals surface area (Å²) in [6, 6.07) is -1.44. The van der Waals surface area contributed by atoms with Crippen molar-refractivity contribution in [3.8, 4) is 0 Å².